The van der Waals surface area contributed by atoms with Crippen LogP contribution in [0.2, 0.25) is 10.0 Å². The van der Waals surface area contributed by atoms with Crippen molar-refractivity contribution in [3.63, 3.8) is 0 Å². The van der Waals surface area contributed by atoms with Gasteiger partial charge in [0.15, 0.2) is 0 Å². The molecule has 0 amide bonds. The van der Waals surface area contributed by atoms with Crippen LogP contribution in [0, 0.1) is 0 Å². The summed E-state index contributed by atoms with van der Waals surface area (Å²) in [5.74, 6) is 0.834. The number of aliphatic hydroxyl groups excluding tert-OH is 1. The highest BCUT2D eigenvalue weighted by Crippen LogP contribution is 2.32. The fourth-order valence-corrected chi connectivity index (χ4v) is 1.75. The maximum atomic E-state index is 9.03. The van der Waals surface area contributed by atoms with E-state index < -0.39 is 0 Å². The number of aliphatic hydroxyl groups is 1. The molecule has 0 aliphatic rings. The molecule has 1 aromatic heterocycles. The molecule has 2 aromatic rings. The van der Waals surface area contributed by atoms with Crippen LogP contribution < -0.4 is 10.5 Å². The maximum absolute atomic E-state index is 9.03. The number of hydrogen-bond donors (Lipinski definition) is 2. The van der Waals surface area contributed by atoms with Crippen molar-refractivity contribution in [2.75, 3.05) is 5.73 Å². The number of aromatic nitrogens is 1. The second-order valence-corrected chi connectivity index (χ2v) is 4.36. The summed E-state index contributed by atoms with van der Waals surface area (Å²) in [4.78, 5) is 3.95. The second kappa shape index (κ2) is 5.44. The molecule has 0 unspecified atom stereocenters. The van der Waals surface area contributed by atoms with E-state index in [9.17, 15) is 0 Å². The van der Waals surface area contributed by atoms with Crippen LogP contribution in [0.1, 0.15) is 5.56 Å². The summed E-state index contributed by atoms with van der Waals surface area (Å²) < 4.78 is 5.49. The van der Waals surface area contributed by atoms with Crippen LogP contribution in [0.3, 0.4) is 0 Å². The van der Waals surface area contributed by atoms with Crippen LogP contribution in [-0.2, 0) is 6.61 Å². The minimum atomic E-state index is -0.0683. The monoisotopic (exact) mass is 284 g/mol. The molecule has 0 atom stereocenters. The van der Waals surface area contributed by atoms with E-state index in [0.717, 1.165) is 5.56 Å². The molecule has 1 heterocycles. The van der Waals surface area contributed by atoms with Crippen molar-refractivity contribution >= 4 is 29.0 Å². The number of ether oxygens (including phenoxy) is 1. The minimum absolute atomic E-state index is 0.0683. The Morgan fingerprint density at radius 3 is 2.72 bits per heavy atom. The largest absolute Gasteiger partial charge is 0.437 e. The third-order valence-electron chi connectivity index (χ3n) is 2.22. The van der Waals surface area contributed by atoms with Gasteiger partial charge in [0.05, 0.1) is 11.6 Å². The lowest BCUT2D eigenvalue weighted by molar-refractivity contribution is 0.281. The lowest BCUT2D eigenvalue weighted by Crippen LogP contribution is -1.96. The molecule has 0 bridgehead atoms. The van der Waals surface area contributed by atoms with Crippen molar-refractivity contribution in [2.24, 2.45) is 0 Å². The average Bonchev–Trinajstić information content (AvgIpc) is 2.36. The van der Waals surface area contributed by atoms with Crippen molar-refractivity contribution in [3.05, 3.63) is 45.9 Å². The number of halogens is 2. The molecule has 0 aliphatic heterocycles. The summed E-state index contributed by atoms with van der Waals surface area (Å²) in [6.45, 7) is -0.0683. The van der Waals surface area contributed by atoms with Gasteiger partial charge in [0.2, 0.25) is 5.88 Å². The van der Waals surface area contributed by atoms with Crippen LogP contribution in [0.4, 0.5) is 5.82 Å². The predicted molar refractivity (Wildman–Crippen MR) is 71.1 cm³/mol. The van der Waals surface area contributed by atoms with Crippen LogP contribution >= 0.6 is 23.2 Å². The molecule has 6 heteroatoms. The highest BCUT2D eigenvalue weighted by Gasteiger charge is 2.09. The fraction of sp³-hybridized carbons (Fsp3) is 0.0833. The van der Waals surface area contributed by atoms with E-state index in [1.54, 1.807) is 24.3 Å². The topological polar surface area (TPSA) is 68.4 Å². The highest BCUT2D eigenvalue weighted by molar-refractivity contribution is 6.36. The smallest absolute Gasteiger partial charge is 0.240 e. The van der Waals surface area contributed by atoms with Gasteiger partial charge in [-0.1, -0.05) is 35.3 Å². The lowest BCUT2D eigenvalue weighted by Gasteiger charge is -2.08. The van der Waals surface area contributed by atoms with E-state index in [1.807, 2.05) is 0 Å². The number of nitrogens with two attached hydrogens (primary N) is 1. The molecule has 94 valence electrons. The number of nitrogen functional groups attached to an aromatic ring is 1. The average molecular weight is 285 g/mol. The van der Waals surface area contributed by atoms with E-state index in [2.05, 4.69) is 4.98 Å². The Morgan fingerprint density at radius 1 is 1.22 bits per heavy atom. The number of pyridine rings is 1. The zero-order valence-electron chi connectivity index (χ0n) is 9.23. The van der Waals surface area contributed by atoms with E-state index in [4.69, 9.17) is 38.8 Å². The SMILES string of the molecule is Nc1nc(Oc2cccc(CO)c2)c(Cl)cc1Cl. The van der Waals surface area contributed by atoms with Crippen molar-refractivity contribution in [1.29, 1.82) is 0 Å². The maximum Gasteiger partial charge on any atom is 0.240 e. The molecule has 0 saturated heterocycles. The summed E-state index contributed by atoms with van der Waals surface area (Å²) >= 11 is 11.7. The zero-order chi connectivity index (χ0) is 13.1. The van der Waals surface area contributed by atoms with Gasteiger partial charge in [-0.25, -0.2) is 0 Å². The number of hydrogen-bond acceptors (Lipinski definition) is 4. The molecule has 0 saturated carbocycles. The van der Waals surface area contributed by atoms with Crippen LogP contribution in [0.5, 0.6) is 11.6 Å². The molecular weight excluding hydrogens is 275 g/mol. The number of nitrogens with zero attached hydrogens (tertiary/aromatic N) is 1. The summed E-state index contributed by atoms with van der Waals surface area (Å²) in [5, 5.41) is 9.57. The molecule has 0 spiro atoms. The minimum Gasteiger partial charge on any atom is -0.437 e. The Labute approximate surface area is 114 Å². The van der Waals surface area contributed by atoms with Crippen LogP contribution in [0.25, 0.3) is 0 Å². The first-order valence-corrected chi connectivity index (χ1v) is 5.85. The van der Waals surface area contributed by atoms with Gasteiger partial charge in [-0.2, -0.15) is 4.98 Å². The fourth-order valence-electron chi connectivity index (χ4n) is 1.35. The molecule has 18 heavy (non-hydrogen) atoms. The van der Waals surface area contributed by atoms with Crippen molar-refractivity contribution < 1.29 is 9.84 Å². The van der Waals surface area contributed by atoms with E-state index in [1.165, 1.54) is 6.07 Å². The Bertz CT molecular complexity index is 576. The van der Waals surface area contributed by atoms with Crippen molar-refractivity contribution in [1.82, 2.24) is 4.98 Å². The van der Waals surface area contributed by atoms with Crippen LogP contribution in [0.15, 0.2) is 30.3 Å². The quantitative estimate of drug-likeness (QED) is 0.908. The van der Waals surface area contributed by atoms with Gasteiger partial charge < -0.3 is 15.6 Å². The molecular formula is C12H10Cl2N2O2. The Balaban J connectivity index is 2.30. The lowest BCUT2D eigenvalue weighted by atomic mass is 10.2. The van der Waals surface area contributed by atoms with Gasteiger partial charge >= 0.3 is 0 Å². The van der Waals surface area contributed by atoms with Gasteiger partial charge in [0.25, 0.3) is 0 Å². The molecule has 0 radical (unpaired) electrons. The van der Waals surface area contributed by atoms with E-state index >= 15 is 0 Å². The standard InChI is InChI=1S/C12H10Cl2N2O2/c13-9-5-10(14)12(16-11(9)15)18-8-3-1-2-7(4-8)6-17/h1-5,17H,6H2,(H2,15,16). The van der Waals surface area contributed by atoms with Gasteiger partial charge in [0.1, 0.15) is 16.6 Å². The Morgan fingerprint density at radius 2 is 2.00 bits per heavy atom. The molecule has 1 aromatic carbocycles. The van der Waals surface area contributed by atoms with Gasteiger partial charge in [-0.05, 0) is 23.8 Å². The van der Waals surface area contributed by atoms with Crippen LogP contribution in [-0.4, -0.2) is 10.1 Å². The third-order valence-corrected chi connectivity index (χ3v) is 2.79. The van der Waals surface area contributed by atoms with E-state index in [-0.39, 0.29) is 28.3 Å². The summed E-state index contributed by atoms with van der Waals surface area (Å²) in [7, 11) is 0. The van der Waals surface area contributed by atoms with Gasteiger partial charge in [-0.15, -0.1) is 0 Å². The summed E-state index contributed by atoms with van der Waals surface area (Å²) in [6, 6.07) is 8.41. The van der Waals surface area contributed by atoms with Crippen molar-refractivity contribution in [3.8, 4) is 11.6 Å². The highest BCUT2D eigenvalue weighted by atomic mass is 35.5. The first kappa shape index (κ1) is 13.0. The number of anilines is 1. The number of rotatable bonds is 3. The summed E-state index contributed by atoms with van der Waals surface area (Å²) in [5.41, 5.74) is 6.30. The molecule has 3 N–H and O–H groups in total. The first-order chi connectivity index (χ1) is 8.60. The van der Waals surface area contributed by atoms with E-state index in [0.29, 0.717) is 5.75 Å². The normalized spacial score (nSPS) is 10.4. The Hall–Kier alpha value is -1.49. The second-order valence-electron chi connectivity index (χ2n) is 3.55. The van der Waals surface area contributed by atoms with Gasteiger partial charge in [-0.3, -0.25) is 0 Å². The Kier molecular flexibility index (Phi) is 3.91. The number of benzene rings is 1. The zero-order valence-corrected chi connectivity index (χ0v) is 10.7. The third kappa shape index (κ3) is 2.85. The predicted octanol–water partition coefficient (Wildman–Crippen LogP) is 3.26. The van der Waals surface area contributed by atoms with Gasteiger partial charge in [0, 0.05) is 0 Å². The molecule has 4 nitrogen and oxygen atoms in total. The molecule has 0 aliphatic carbocycles. The first-order valence-electron chi connectivity index (χ1n) is 5.09. The van der Waals surface area contributed by atoms with Crippen molar-refractivity contribution in [2.45, 2.75) is 6.61 Å². The molecule has 0 fully saturated rings. The summed E-state index contributed by atoms with van der Waals surface area (Å²) in [6.07, 6.45) is 0. The molecule has 2 rings (SSSR count).